The third kappa shape index (κ3) is 1.29. The summed E-state index contributed by atoms with van der Waals surface area (Å²) >= 11 is 0. The second-order valence-corrected chi connectivity index (χ2v) is 1.79. The summed E-state index contributed by atoms with van der Waals surface area (Å²) in [7, 11) is 0. The maximum Gasteiger partial charge on any atom is 0.0851 e. The first-order valence-corrected chi connectivity index (χ1v) is 2.95. The van der Waals surface area contributed by atoms with Crippen molar-refractivity contribution in [3.8, 4) is 0 Å². The molecule has 0 spiro atoms. The third-order valence-corrected chi connectivity index (χ3v) is 1.12. The van der Waals surface area contributed by atoms with E-state index in [0.717, 1.165) is 11.4 Å². The van der Waals surface area contributed by atoms with Crippen molar-refractivity contribution >= 4 is 12.2 Å². The van der Waals surface area contributed by atoms with E-state index < -0.39 is 0 Å². The molecule has 50 valence electrons. The Kier molecular flexibility index (Phi) is 1.95. The van der Waals surface area contributed by atoms with Gasteiger partial charge in [-0.05, 0) is 24.3 Å². The lowest BCUT2D eigenvalue weighted by Gasteiger charge is -1.90. The quantitative estimate of drug-likeness (QED) is 0.612. The van der Waals surface area contributed by atoms with E-state index >= 15 is 0 Å². The lowest BCUT2D eigenvalue weighted by molar-refractivity contribution is 1.00. The molecular weight excluding hydrogens is 124 g/mol. The van der Waals surface area contributed by atoms with Crippen LogP contribution in [-0.2, 0) is 0 Å². The van der Waals surface area contributed by atoms with Crippen LogP contribution in [0.3, 0.4) is 0 Å². The number of aromatic nitrogens is 2. The van der Waals surface area contributed by atoms with E-state index in [9.17, 15) is 0 Å². The zero-order valence-corrected chi connectivity index (χ0v) is 5.62. The van der Waals surface area contributed by atoms with E-state index in [1.165, 1.54) is 0 Å². The Morgan fingerprint density at radius 2 is 1.40 bits per heavy atom. The van der Waals surface area contributed by atoms with Gasteiger partial charge in [-0.2, -0.15) is 10.2 Å². The van der Waals surface area contributed by atoms with Crippen molar-refractivity contribution in [2.75, 3.05) is 0 Å². The van der Waals surface area contributed by atoms with Crippen LogP contribution in [0.2, 0.25) is 0 Å². The summed E-state index contributed by atoms with van der Waals surface area (Å²) in [6.45, 7) is 7.12. The summed E-state index contributed by atoms with van der Waals surface area (Å²) in [6.07, 6.45) is 3.31. The predicted octanol–water partition coefficient (Wildman–Crippen LogP) is 1.76. The zero-order chi connectivity index (χ0) is 7.40. The van der Waals surface area contributed by atoms with Gasteiger partial charge in [-0.3, -0.25) is 0 Å². The molecule has 1 rings (SSSR count). The van der Waals surface area contributed by atoms with E-state index in [4.69, 9.17) is 0 Å². The topological polar surface area (TPSA) is 25.8 Å². The molecule has 1 aromatic rings. The molecule has 0 aromatic carbocycles. The summed E-state index contributed by atoms with van der Waals surface area (Å²) in [5.41, 5.74) is 1.57. The van der Waals surface area contributed by atoms with Crippen LogP contribution in [0, 0.1) is 0 Å². The number of hydrogen-bond acceptors (Lipinski definition) is 2. The van der Waals surface area contributed by atoms with Gasteiger partial charge in [0, 0.05) is 0 Å². The van der Waals surface area contributed by atoms with Gasteiger partial charge in [0.2, 0.25) is 0 Å². The van der Waals surface area contributed by atoms with Gasteiger partial charge in [0.15, 0.2) is 0 Å². The number of nitrogens with zero attached hydrogens (tertiary/aromatic N) is 2. The molecule has 2 heteroatoms. The van der Waals surface area contributed by atoms with Crippen LogP contribution in [0.5, 0.6) is 0 Å². The maximum atomic E-state index is 3.83. The van der Waals surface area contributed by atoms with Crippen LogP contribution in [0.25, 0.3) is 12.2 Å². The summed E-state index contributed by atoms with van der Waals surface area (Å²) in [6, 6.07) is 3.69. The monoisotopic (exact) mass is 132 g/mol. The van der Waals surface area contributed by atoms with Crippen LogP contribution in [0.15, 0.2) is 25.3 Å². The Morgan fingerprint density at radius 3 is 1.60 bits per heavy atom. The van der Waals surface area contributed by atoms with E-state index in [1.807, 2.05) is 12.1 Å². The van der Waals surface area contributed by atoms with Crippen molar-refractivity contribution in [2.24, 2.45) is 0 Å². The van der Waals surface area contributed by atoms with Crippen molar-refractivity contribution in [3.05, 3.63) is 36.7 Å². The Bertz CT molecular complexity index is 209. The van der Waals surface area contributed by atoms with Crippen molar-refractivity contribution in [2.45, 2.75) is 0 Å². The van der Waals surface area contributed by atoms with Gasteiger partial charge in [0.25, 0.3) is 0 Å². The maximum absolute atomic E-state index is 3.83. The molecule has 0 bridgehead atoms. The highest BCUT2D eigenvalue weighted by atomic mass is 15.1. The Labute approximate surface area is 59.9 Å². The first-order valence-electron chi connectivity index (χ1n) is 2.95. The molecule has 1 aromatic heterocycles. The van der Waals surface area contributed by atoms with Crippen molar-refractivity contribution < 1.29 is 0 Å². The van der Waals surface area contributed by atoms with E-state index in [-0.39, 0.29) is 0 Å². The van der Waals surface area contributed by atoms with E-state index in [1.54, 1.807) is 12.2 Å². The van der Waals surface area contributed by atoms with Gasteiger partial charge >= 0.3 is 0 Å². The number of rotatable bonds is 2. The summed E-state index contributed by atoms with van der Waals surface area (Å²) < 4.78 is 0. The molecule has 0 radical (unpaired) electrons. The van der Waals surface area contributed by atoms with Gasteiger partial charge in [0.05, 0.1) is 11.4 Å². The lowest BCUT2D eigenvalue weighted by atomic mass is 10.3. The highest BCUT2D eigenvalue weighted by molar-refractivity contribution is 5.45. The minimum absolute atomic E-state index is 0.783. The fourth-order valence-corrected chi connectivity index (χ4v) is 0.571. The molecule has 10 heavy (non-hydrogen) atoms. The van der Waals surface area contributed by atoms with Crippen molar-refractivity contribution in [1.82, 2.24) is 10.2 Å². The Balaban J connectivity index is 3.00. The van der Waals surface area contributed by atoms with E-state index in [2.05, 4.69) is 23.4 Å². The molecule has 1 heterocycles. The van der Waals surface area contributed by atoms with Crippen LogP contribution >= 0.6 is 0 Å². The number of hydrogen-bond donors (Lipinski definition) is 0. The molecule has 0 unspecified atom stereocenters. The van der Waals surface area contributed by atoms with Crippen molar-refractivity contribution in [1.29, 1.82) is 0 Å². The van der Waals surface area contributed by atoms with Crippen molar-refractivity contribution in [3.63, 3.8) is 0 Å². The molecule has 0 saturated carbocycles. The van der Waals surface area contributed by atoms with Gasteiger partial charge < -0.3 is 0 Å². The first kappa shape index (κ1) is 6.68. The van der Waals surface area contributed by atoms with Gasteiger partial charge in [-0.15, -0.1) is 0 Å². The second-order valence-electron chi connectivity index (χ2n) is 1.79. The fourth-order valence-electron chi connectivity index (χ4n) is 0.571. The largest absolute Gasteiger partial charge is 0.151 e. The van der Waals surface area contributed by atoms with Crippen LogP contribution in [0.4, 0.5) is 0 Å². The van der Waals surface area contributed by atoms with Crippen LogP contribution < -0.4 is 0 Å². The standard InChI is InChI=1S/C8H8N2/c1-3-7-5-6-8(4-2)10-9-7/h3-6H,1-2H2. The van der Waals surface area contributed by atoms with Gasteiger partial charge in [-0.25, -0.2) is 0 Å². The molecule has 0 saturated heterocycles. The summed E-state index contributed by atoms with van der Waals surface area (Å²) in [4.78, 5) is 0. The molecule has 0 aliphatic carbocycles. The fraction of sp³-hybridized carbons (Fsp3) is 0. The molecule has 0 fully saturated rings. The molecule has 0 N–H and O–H groups in total. The Morgan fingerprint density at radius 1 is 1.00 bits per heavy atom. The molecule has 2 nitrogen and oxygen atoms in total. The van der Waals surface area contributed by atoms with Crippen LogP contribution in [-0.4, -0.2) is 10.2 Å². The molecule has 0 aliphatic rings. The summed E-state index contributed by atoms with van der Waals surface area (Å²) in [5, 5.41) is 7.66. The average Bonchev–Trinajstić information content (AvgIpc) is 2.05. The highest BCUT2D eigenvalue weighted by Gasteiger charge is 1.87. The first-order chi connectivity index (χ1) is 4.86. The molecular formula is C8H8N2. The minimum Gasteiger partial charge on any atom is -0.151 e. The van der Waals surface area contributed by atoms with Gasteiger partial charge in [-0.1, -0.05) is 13.2 Å². The Hall–Kier alpha value is -1.44. The average molecular weight is 132 g/mol. The highest BCUT2D eigenvalue weighted by Crippen LogP contribution is 1.97. The summed E-state index contributed by atoms with van der Waals surface area (Å²) in [5.74, 6) is 0. The molecule has 0 atom stereocenters. The normalized spacial score (nSPS) is 8.80. The second kappa shape index (κ2) is 2.92. The molecule has 0 amide bonds. The van der Waals surface area contributed by atoms with E-state index in [0.29, 0.717) is 0 Å². The molecule has 0 aliphatic heterocycles. The predicted molar refractivity (Wildman–Crippen MR) is 42.2 cm³/mol. The van der Waals surface area contributed by atoms with Gasteiger partial charge in [0.1, 0.15) is 0 Å². The van der Waals surface area contributed by atoms with Crippen LogP contribution in [0.1, 0.15) is 11.4 Å². The SMILES string of the molecule is C=Cc1ccc(C=C)nn1. The smallest absolute Gasteiger partial charge is 0.0851 e. The lowest BCUT2D eigenvalue weighted by Crippen LogP contribution is -1.86. The zero-order valence-electron chi connectivity index (χ0n) is 5.62. The third-order valence-electron chi connectivity index (χ3n) is 1.12. The minimum atomic E-state index is 0.783.